The fourth-order valence-corrected chi connectivity index (χ4v) is 3.25. The van der Waals surface area contributed by atoms with Crippen molar-refractivity contribution in [1.82, 2.24) is 4.90 Å². The number of rotatable bonds is 5. The molecule has 0 saturated carbocycles. The summed E-state index contributed by atoms with van der Waals surface area (Å²) >= 11 is 1.98. The van der Waals surface area contributed by atoms with Gasteiger partial charge in [0.05, 0.1) is 0 Å². The van der Waals surface area contributed by atoms with Gasteiger partial charge in [0.2, 0.25) is 0 Å². The first-order valence-corrected chi connectivity index (χ1v) is 7.73. The first kappa shape index (κ1) is 14.6. The fourth-order valence-electron chi connectivity index (χ4n) is 2.50. The van der Waals surface area contributed by atoms with E-state index in [2.05, 4.69) is 23.2 Å². The molecule has 0 aromatic rings. The van der Waals surface area contributed by atoms with Crippen molar-refractivity contribution >= 4 is 17.6 Å². The number of hydrogen-bond acceptors (Lipinski definition) is 4. The molecule has 0 aromatic heterocycles. The van der Waals surface area contributed by atoms with Crippen LogP contribution in [0.5, 0.6) is 0 Å². The third kappa shape index (κ3) is 4.76. The largest absolute Gasteiger partial charge is 0.409 e. The third-order valence-electron chi connectivity index (χ3n) is 3.60. The number of oxime groups is 1. The maximum Gasteiger partial charge on any atom is 0.140 e. The second-order valence-electron chi connectivity index (χ2n) is 4.68. The second kappa shape index (κ2) is 7.82. The van der Waals surface area contributed by atoms with Crippen LogP contribution in [0.3, 0.4) is 0 Å². The summed E-state index contributed by atoms with van der Waals surface area (Å²) in [6.07, 6.45) is 7.77. The summed E-state index contributed by atoms with van der Waals surface area (Å²) in [5.41, 5.74) is 5.62. The van der Waals surface area contributed by atoms with Crippen LogP contribution in [0.15, 0.2) is 5.16 Å². The minimum atomic E-state index is 0.350. The summed E-state index contributed by atoms with van der Waals surface area (Å²) in [4.78, 5) is 2.51. The fraction of sp³-hybridized carbons (Fsp3) is 0.917. The molecule has 1 aliphatic rings. The summed E-state index contributed by atoms with van der Waals surface area (Å²) in [6.45, 7) is 4.46. The number of likely N-dealkylation sites (tertiary alicyclic amines) is 1. The predicted molar refractivity (Wildman–Crippen MR) is 74.8 cm³/mol. The van der Waals surface area contributed by atoms with Crippen molar-refractivity contribution in [2.45, 2.75) is 50.3 Å². The zero-order chi connectivity index (χ0) is 12.7. The zero-order valence-corrected chi connectivity index (χ0v) is 11.7. The van der Waals surface area contributed by atoms with Crippen LogP contribution in [0, 0.1) is 0 Å². The summed E-state index contributed by atoms with van der Waals surface area (Å²) in [6, 6.07) is 0.423. The average molecular weight is 259 g/mol. The molecule has 0 bridgehead atoms. The van der Waals surface area contributed by atoms with Gasteiger partial charge in [-0.3, -0.25) is 4.90 Å². The van der Waals surface area contributed by atoms with Crippen molar-refractivity contribution in [2.24, 2.45) is 10.9 Å². The molecule has 3 N–H and O–H groups in total. The molecule has 4 nitrogen and oxygen atoms in total. The van der Waals surface area contributed by atoms with E-state index in [1.165, 1.54) is 19.3 Å². The SMILES string of the molecule is CCC(CC(N)=NO)N1CCCC(SC)CC1. The topological polar surface area (TPSA) is 61.9 Å². The van der Waals surface area contributed by atoms with Crippen LogP contribution < -0.4 is 5.73 Å². The molecule has 1 saturated heterocycles. The van der Waals surface area contributed by atoms with E-state index in [9.17, 15) is 0 Å². The van der Waals surface area contributed by atoms with Crippen LogP contribution in [0.4, 0.5) is 0 Å². The molecule has 1 aliphatic heterocycles. The van der Waals surface area contributed by atoms with Gasteiger partial charge in [-0.1, -0.05) is 12.1 Å². The van der Waals surface area contributed by atoms with E-state index in [4.69, 9.17) is 10.9 Å². The van der Waals surface area contributed by atoms with Crippen LogP contribution >= 0.6 is 11.8 Å². The summed E-state index contributed by atoms with van der Waals surface area (Å²) in [7, 11) is 0. The highest BCUT2D eigenvalue weighted by molar-refractivity contribution is 7.99. The van der Waals surface area contributed by atoms with Gasteiger partial charge in [-0.2, -0.15) is 11.8 Å². The van der Waals surface area contributed by atoms with Crippen molar-refractivity contribution < 1.29 is 5.21 Å². The quantitative estimate of drug-likeness (QED) is 0.343. The Labute approximate surface area is 109 Å². The molecule has 1 fully saturated rings. The van der Waals surface area contributed by atoms with Gasteiger partial charge < -0.3 is 10.9 Å². The van der Waals surface area contributed by atoms with Gasteiger partial charge in [-0.15, -0.1) is 0 Å². The van der Waals surface area contributed by atoms with Gasteiger partial charge in [-0.25, -0.2) is 0 Å². The molecule has 0 aromatic carbocycles. The molecule has 0 aliphatic carbocycles. The second-order valence-corrected chi connectivity index (χ2v) is 5.82. The van der Waals surface area contributed by atoms with Crippen LogP contribution in [-0.2, 0) is 0 Å². The highest BCUT2D eigenvalue weighted by Gasteiger charge is 2.22. The Balaban J connectivity index is 2.51. The zero-order valence-electron chi connectivity index (χ0n) is 10.9. The minimum Gasteiger partial charge on any atom is -0.409 e. The Morgan fingerprint density at radius 3 is 2.88 bits per heavy atom. The van der Waals surface area contributed by atoms with Gasteiger partial charge in [0.15, 0.2) is 0 Å². The highest BCUT2D eigenvalue weighted by Crippen LogP contribution is 2.23. The monoisotopic (exact) mass is 259 g/mol. The molecular formula is C12H25N3OS. The van der Waals surface area contributed by atoms with E-state index in [1.54, 1.807) is 0 Å². The van der Waals surface area contributed by atoms with Crippen LogP contribution in [-0.4, -0.2) is 46.6 Å². The Morgan fingerprint density at radius 1 is 1.53 bits per heavy atom. The summed E-state index contributed by atoms with van der Waals surface area (Å²) < 4.78 is 0. The van der Waals surface area contributed by atoms with Gasteiger partial charge in [0.1, 0.15) is 5.84 Å². The first-order valence-electron chi connectivity index (χ1n) is 6.44. The third-order valence-corrected chi connectivity index (χ3v) is 4.74. The Hall–Kier alpha value is -0.420. The molecular weight excluding hydrogens is 234 g/mol. The number of nitrogens with zero attached hydrogens (tertiary/aromatic N) is 2. The number of nitrogens with two attached hydrogens (primary N) is 1. The summed E-state index contributed by atoms with van der Waals surface area (Å²) in [5, 5.41) is 12.6. The van der Waals surface area contributed by atoms with E-state index < -0.39 is 0 Å². The van der Waals surface area contributed by atoms with Crippen molar-refractivity contribution in [3.63, 3.8) is 0 Å². The predicted octanol–water partition coefficient (Wildman–Crippen LogP) is 2.12. The lowest BCUT2D eigenvalue weighted by atomic mass is 10.1. The lowest BCUT2D eigenvalue weighted by Gasteiger charge is -2.29. The van der Waals surface area contributed by atoms with Crippen molar-refractivity contribution in [1.29, 1.82) is 0 Å². The van der Waals surface area contributed by atoms with Gasteiger partial charge in [0.25, 0.3) is 0 Å². The van der Waals surface area contributed by atoms with Crippen molar-refractivity contribution in [3.05, 3.63) is 0 Å². The molecule has 5 heteroatoms. The molecule has 0 spiro atoms. The van der Waals surface area contributed by atoms with E-state index >= 15 is 0 Å². The van der Waals surface area contributed by atoms with E-state index in [0.717, 1.165) is 24.8 Å². The van der Waals surface area contributed by atoms with Gasteiger partial charge in [0, 0.05) is 17.7 Å². The maximum absolute atomic E-state index is 8.65. The van der Waals surface area contributed by atoms with E-state index in [0.29, 0.717) is 18.3 Å². The molecule has 0 amide bonds. The Bertz CT molecular complexity index is 248. The van der Waals surface area contributed by atoms with E-state index in [1.807, 2.05) is 11.8 Å². The summed E-state index contributed by atoms with van der Waals surface area (Å²) in [5.74, 6) is 0.350. The molecule has 1 heterocycles. The highest BCUT2D eigenvalue weighted by atomic mass is 32.2. The molecule has 100 valence electrons. The molecule has 17 heavy (non-hydrogen) atoms. The molecule has 2 unspecified atom stereocenters. The van der Waals surface area contributed by atoms with Crippen LogP contribution in [0.25, 0.3) is 0 Å². The first-order chi connectivity index (χ1) is 8.21. The lowest BCUT2D eigenvalue weighted by Crippen LogP contribution is -2.38. The number of hydrogen-bond donors (Lipinski definition) is 2. The van der Waals surface area contributed by atoms with Crippen LogP contribution in [0.2, 0.25) is 0 Å². The molecule has 2 atom stereocenters. The smallest absolute Gasteiger partial charge is 0.140 e. The number of amidine groups is 1. The maximum atomic E-state index is 8.65. The normalized spacial score (nSPS) is 25.5. The van der Waals surface area contributed by atoms with Crippen molar-refractivity contribution in [3.8, 4) is 0 Å². The molecule has 0 radical (unpaired) electrons. The van der Waals surface area contributed by atoms with Crippen LogP contribution in [0.1, 0.15) is 39.0 Å². The minimum absolute atomic E-state index is 0.350. The molecule has 1 rings (SSSR count). The average Bonchev–Trinajstić information content (AvgIpc) is 2.60. The van der Waals surface area contributed by atoms with E-state index in [-0.39, 0.29) is 0 Å². The van der Waals surface area contributed by atoms with Crippen molar-refractivity contribution in [2.75, 3.05) is 19.3 Å². The van der Waals surface area contributed by atoms with Gasteiger partial charge >= 0.3 is 0 Å². The lowest BCUT2D eigenvalue weighted by molar-refractivity contribution is 0.201. The Kier molecular flexibility index (Phi) is 6.73. The van der Waals surface area contributed by atoms with Gasteiger partial charge in [-0.05, 0) is 45.0 Å². The standard InChI is InChI=1S/C12H25N3OS/c1-3-10(9-12(13)14-16)15-7-4-5-11(17-2)6-8-15/h10-11,16H,3-9H2,1-2H3,(H2,13,14). The number of thioether (sulfide) groups is 1. The Morgan fingerprint density at radius 2 is 2.29 bits per heavy atom.